The maximum absolute atomic E-state index is 8.77. The van der Waals surface area contributed by atoms with Crippen molar-refractivity contribution in [3.63, 3.8) is 0 Å². The van der Waals surface area contributed by atoms with Crippen molar-refractivity contribution in [3.8, 4) is 0 Å². The molecule has 1 aromatic heterocycles. The second kappa shape index (κ2) is 4.88. The van der Waals surface area contributed by atoms with Gasteiger partial charge in [0, 0.05) is 17.8 Å². The van der Waals surface area contributed by atoms with Gasteiger partial charge in [-0.1, -0.05) is 22.9 Å². The summed E-state index contributed by atoms with van der Waals surface area (Å²) in [5.74, 6) is 0.804. The maximum Gasteiger partial charge on any atom is 0.195 e. The van der Waals surface area contributed by atoms with E-state index in [1.165, 1.54) is 0 Å². The summed E-state index contributed by atoms with van der Waals surface area (Å²) in [6.45, 7) is 2.90. The first kappa shape index (κ1) is 10.9. The monoisotopic (exact) mass is 265 g/mol. The van der Waals surface area contributed by atoms with Crippen LogP contribution in [0.25, 0.3) is 0 Å². The number of aliphatic hydroxyl groups excluding tert-OH is 1. The Morgan fingerprint density at radius 2 is 2.46 bits per heavy atom. The number of halogens is 1. The SMILES string of the molecule is CC(Br)Cn1c(CCO)n[nH]c1=S. The van der Waals surface area contributed by atoms with Gasteiger partial charge in [-0.3, -0.25) is 5.10 Å². The predicted octanol–water partition coefficient (Wildman–Crippen LogP) is 1.26. The van der Waals surface area contributed by atoms with Crippen LogP contribution in [0.15, 0.2) is 0 Å². The smallest absolute Gasteiger partial charge is 0.195 e. The third-order valence-electron chi connectivity index (χ3n) is 1.61. The molecule has 0 aliphatic carbocycles. The van der Waals surface area contributed by atoms with Crippen molar-refractivity contribution in [1.29, 1.82) is 0 Å². The number of aromatic nitrogens is 3. The Bertz CT molecular complexity index is 320. The lowest BCUT2D eigenvalue weighted by Crippen LogP contribution is -2.11. The molecule has 0 bridgehead atoms. The second-order valence-electron chi connectivity index (χ2n) is 2.81. The maximum atomic E-state index is 8.77. The van der Waals surface area contributed by atoms with E-state index in [-0.39, 0.29) is 6.61 Å². The van der Waals surface area contributed by atoms with E-state index in [1.807, 2.05) is 11.5 Å². The van der Waals surface area contributed by atoms with Gasteiger partial charge in [0.15, 0.2) is 4.77 Å². The molecule has 1 rings (SSSR count). The van der Waals surface area contributed by atoms with Crippen LogP contribution >= 0.6 is 28.1 Å². The largest absolute Gasteiger partial charge is 0.396 e. The molecule has 0 saturated heterocycles. The fourth-order valence-electron chi connectivity index (χ4n) is 1.08. The Kier molecular flexibility index (Phi) is 4.08. The van der Waals surface area contributed by atoms with Crippen molar-refractivity contribution < 1.29 is 5.11 Å². The van der Waals surface area contributed by atoms with Gasteiger partial charge < -0.3 is 9.67 Å². The first-order valence-electron chi connectivity index (χ1n) is 4.04. The average Bonchev–Trinajstić information content (AvgIpc) is 2.36. The number of hydrogen-bond donors (Lipinski definition) is 2. The molecule has 6 heteroatoms. The lowest BCUT2D eigenvalue weighted by molar-refractivity contribution is 0.294. The highest BCUT2D eigenvalue weighted by Crippen LogP contribution is 2.06. The molecule has 4 nitrogen and oxygen atoms in total. The summed E-state index contributed by atoms with van der Waals surface area (Å²) in [6.07, 6.45) is 0.535. The summed E-state index contributed by atoms with van der Waals surface area (Å²) in [5.41, 5.74) is 0. The van der Waals surface area contributed by atoms with Gasteiger partial charge in [0.25, 0.3) is 0 Å². The first-order chi connectivity index (χ1) is 6.15. The van der Waals surface area contributed by atoms with E-state index in [4.69, 9.17) is 17.3 Å². The highest BCUT2D eigenvalue weighted by molar-refractivity contribution is 9.09. The molecule has 1 aromatic rings. The van der Waals surface area contributed by atoms with Gasteiger partial charge in [0.05, 0.1) is 6.61 Å². The number of aliphatic hydroxyl groups is 1. The summed E-state index contributed by atoms with van der Waals surface area (Å²) >= 11 is 8.49. The van der Waals surface area contributed by atoms with Gasteiger partial charge >= 0.3 is 0 Å². The summed E-state index contributed by atoms with van der Waals surface area (Å²) in [5, 5.41) is 15.5. The molecule has 0 amide bonds. The van der Waals surface area contributed by atoms with Gasteiger partial charge in [-0.05, 0) is 12.2 Å². The number of rotatable bonds is 4. The Morgan fingerprint density at radius 3 is 3.00 bits per heavy atom. The fraction of sp³-hybridized carbons (Fsp3) is 0.714. The topological polar surface area (TPSA) is 53.8 Å². The second-order valence-corrected chi connectivity index (χ2v) is 4.76. The van der Waals surface area contributed by atoms with Gasteiger partial charge in [0.1, 0.15) is 5.82 Å². The van der Waals surface area contributed by atoms with Crippen molar-refractivity contribution in [2.45, 2.75) is 24.7 Å². The number of H-pyrrole nitrogens is 1. The highest BCUT2D eigenvalue weighted by Gasteiger charge is 2.07. The van der Waals surface area contributed by atoms with Gasteiger partial charge in [-0.2, -0.15) is 5.10 Å². The van der Waals surface area contributed by atoms with Crippen molar-refractivity contribution in [3.05, 3.63) is 10.6 Å². The van der Waals surface area contributed by atoms with Crippen LogP contribution in [0.2, 0.25) is 0 Å². The van der Waals surface area contributed by atoms with E-state index in [0.29, 0.717) is 16.0 Å². The Labute approximate surface area is 90.1 Å². The van der Waals surface area contributed by atoms with E-state index in [9.17, 15) is 0 Å². The van der Waals surface area contributed by atoms with Crippen molar-refractivity contribution >= 4 is 28.1 Å². The minimum atomic E-state index is 0.0935. The molecular weight excluding hydrogens is 254 g/mol. The Balaban J connectivity index is 2.88. The quantitative estimate of drug-likeness (QED) is 0.637. The van der Waals surface area contributed by atoms with Crippen LogP contribution in [0.3, 0.4) is 0 Å². The molecular formula is C7H12BrN3OS. The van der Waals surface area contributed by atoms with E-state index >= 15 is 0 Å². The summed E-state index contributed by atoms with van der Waals surface area (Å²) in [6, 6.07) is 0. The predicted molar refractivity (Wildman–Crippen MR) is 56.6 cm³/mol. The zero-order valence-electron chi connectivity index (χ0n) is 7.33. The first-order valence-corrected chi connectivity index (χ1v) is 5.36. The molecule has 0 aliphatic heterocycles. The van der Waals surface area contributed by atoms with Gasteiger partial charge in [0.2, 0.25) is 0 Å². The number of nitrogens with zero attached hydrogens (tertiary/aromatic N) is 2. The average molecular weight is 266 g/mol. The van der Waals surface area contributed by atoms with E-state index in [1.54, 1.807) is 0 Å². The summed E-state index contributed by atoms with van der Waals surface area (Å²) in [7, 11) is 0. The van der Waals surface area contributed by atoms with E-state index in [2.05, 4.69) is 26.1 Å². The number of alkyl halides is 1. The third-order valence-corrected chi connectivity index (χ3v) is 2.21. The molecule has 0 fully saturated rings. The number of nitrogens with one attached hydrogen (secondary N) is 1. The Morgan fingerprint density at radius 1 is 1.77 bits per heavy atom. The van der Waals surface area contributed by atoms with Crippen molar-refractivity contribution in [2.75, 3.05) is 6.61 Å². The molecule has 1 heterocycles. The standard InChI is InChI=1S/C7H12BrN3OS/c1-5(8)4-11-6(2-3-12)9-10-7(11)13/h5,12H,2-4H2,1H3,(H,10,13). The molecule has 1 atom stereocenters. The van der Waals surface area contributed by atoms with Crippen LogP contribution in [-0.4, -0.2) is 31.3 Å². The van der Waals surface area contributed by atoms with Crippen LogP contribution in [-0.2, 0) is 13.0 Å². The number of aromatic amines is 1. The fourth-order valence-corrected chi connectivity index (χ4v) is 1.60. The van der Waals surface area contributed by atoms with Crippen molar-refractivity contribution in [1.82, 2.24) is 14.8 Å². The minimum Gasteiger partial charge on any atom is -0.396 e. The van der Waals surface area contributed by atoms with Gasteiger partial charge in [-0.25, -0.2) is 0 Å². The molecule has 74 valence electrons. The van der Waals surface area contributed by atoms with Crippen LogP contribution < -0.4 is 0 Å². The number of hydrogen-bond acceptors (Lipinski definition) is 3. The van der Waals surface area contributed by atoms with Crippen LogP contribution in [0.4, 0.5) is 0 Å². The molecule has 0 saturated carbocycles. The molecule has 2 N–H and O–H groups in total. The van der Waals surface area contributed by atoms with Gasteiger partial charge in [-0.15, -0.1) is 0 Å². The normalized spacial score (nSPS) is 13.2. The van der Waals surface area contributed by atoms with Crippen LogP contribution in [0.5, 0.6) is 0 Å². The molecule has 0 aromatic carbocycles. The van der Waals surface area contributed by atoms with Crippen LogP contribution in [0, 0.1) is 4.77 Å². The lowest BCUT2D eigenvalue weighted by atomic mass is 10.4. The molecule has 1 unspecified atom stereocenters. The van der Waals surface area contributed by atoms with Crippen molar-refractivity contribution in [2.24, 2.45) is 0 Å². The van der Waals surface area contributed by atoms with E-state index in [0.717, 1.165) is 12.4 Å². The van der Waals surface area contributed by atoms with Crippen LogP contribution in [0.1, 0.15) is 12.7 Å². The minimum absolute atomic E-state index is 0.0935. The summed E-state index contributed by atoms with van der Waals surface area (Å²) < 4.78 is 2.50. The highest BCUT2D eigenvalue weighted by atomic mass is 79.9. The zero-order valence-corrected chi connectivity index (χ0v) is 9.73. The molecule has 0 spiro atoms. The third kappa shape index (κ3) is 2.89. The lowest BCUT2D eigenvalue weighted by Gasteiger charge is -2.06. The molecule has 13 heavy (non-hydrogen) atoms. The molecule has 0 aliphatic rings. The molecule has 0 radical (unpaired) electrons. The Hall–Kier alpha value is -0.200. The zero-order chi connectivity index (χ0) is 9.84. The summed E-state index contributed by atoms with van der Waals surface area (Å²) in [4.78, 5) is 0.342. The van der Waals surface area contributed by atoms with E-state index < -0.39 is 0 Å².